The first-order valence-electron chi connectivity index (χ1n) is 6.57. The van der Waals surface area contributed by atoms with Gasteiger partial charge in [-0.2, -0.15) is 0 Å². The predicted molar refractivity (Wildman–Crippen MR) is 77.1 cm³/mol. The van der Waals surface area contributed by atoms with E-state index in [0.717, 1.165) is 5.56 Å². The molecular weight excluding hydrogens is 256 g/mol. The van der Waals surface area contributed by atoms with Crippen LogP contribution >= 0.6 is 0 Å². The number of nitrogens with zero attached hydrogens (tertiary/aromatic N) is 1. The number of carbonyl (C=O) groups excluding carboxylic acids is 1. The van der Waals surface area contributed by atoms with Gasteiger partial charge in [-0.05, 0) is 26.3 Å². The van der Waals surface area contributed by atoms with Gasteiger partial charge in [0.2, 0.25) is 5.91 Å². The van der Waals surface area contributed by atoms with Crippen LogP contribution in [0.2, 0.25) is 0 Å². The van der Waals surface area contributed by atoms with Crippen molar-refractivity contribution < 1.29 is 14.7 Å². The molecule has 1 amide bonds. The van der Waals surface area contributed by atoms with E-state index in [1.807, 2.05) is 39.0 Å². The maximum Gasteiger partial charge on any atom is 0.305 e. The average molecular weight is 278 g/mol. The van der Waals surface area contributed by atoms with Crippen molar-refractivity contribution in [3.63, 3.8) is 0 Å². The van der Waals surface area contributed by atoms with Crippen molar-refractivity contribution in [2.24, 2.45) is 5.73 Å². The Morgan fingerprint density at radius 1 is 1.25 bits per heavy atom. The highest BCUT2D eigenvalue weighted by Gasteiger charge is 2.30. The number of rotatable bonds is 5. The Balaban J connectivity index is 2.90. The van der Waals surface area contributed by atoms with Crippen LogP contribution in [0.4, 0.5) is 0 Å². The SMILES string of the molecule is CC(C)(C)N(CCC(=O)O)C(=O)[C@@H](N)c1ccccc1. The molecule has 0 aliphatic carbocycles. The van der Waals surface area contributed by atoms with Crippen LogP contribution in [0, 0.1) is 0 Å². The predicted octanol–water partition coefficient (Wildman–Crippen LogP) is 1.79. The summed E-state index contributed by atoms with van der Waals surface area (Å²) in [7, 11) is 0. The number of aliphatic carboxylic acids is 1. The van der Waals surface area contributed by atoms with Crippen molar-refractivity contribution in [2.45, 2.75) is 38.8 Å². The molecule has 1 aromatic rings. The van der Waals surface area contributed by atoms with E-state index in [9.17, 15) is 9.59 Å². The zero-order valence-electron chi connectivity index (χ0n) is 12.2. The van der Waals surface area contributed by atoms with E-state index >= 15 is 0 Å². The molecular formula is C15H22N2O3. The molecule has 0 saturated heterocycles. The van der Waals surface area contributed by atoms with E-state index in [4.69, 9.17) is 10.8 Å². The Kier molecular flexibility index (Phi) is 5.27. The minimum absolute atomic E-state index is 0.0927. The van der Waals surface area contributed by atoms with Crippen molar-refractivity contribution in [1.29, 1.82) is 0 Å². The summed E-state index contributed by atoms with van der Waals surface area (Å²) < 4.78 is 0. The molecule has 0 bridgehead atoms. The van der Waals surface area contributed by atoms with E-state index in [-0.39, 0.29) is 18.9 Å². The fraction of sp³-hybridized carbons (Fsp3) is 0.467. The molecule has 0 heterocycles. The molecule has 3 N–H and O–H groups in total. The van der Waals surface area contributed by atoms with Crippen molar-refractivity contribution in [1.82, 2.24) is 4.90 Å². The Hall–Kier alpha value is -1.88. The standard InChI is InChI=1S/C15H22N2O3/c1-15(2,3)17(10-9-12(18)19)14(20)13(16)11-7-5-4-6-8-11/h4-8,13H,9-10,16H2,1-3H3,(H,18,19)/t13-/m0/s1. The number of benzene rings is 1. The number of hydrogen-bond donors (Lipinski definition) is 2. The third kappa shape index (κ3) is 4.35. The van der Waals surface area contributed by atoms with Gasteiger partial charge in [0.25, 0.3) is 0 Å². The Bertz CT molecular complexity index is 466. The van der Waals surface area contributed by atoms with Gasteiger partial charge in [0, 0.05) is 12.1 Å². The number of carbonyl (C=O) groups is 2. The monoisotopic (exact) mass is 278 g/mol. The second-order valence-electron chi connectivity index (χ2n) is 5.69. The molecule has 1 aromatic carbocycles. The van der Waals surface area contributed by atoms with Crippen LogP contribution in [0.1, 0.15) is 38.8 Å². The minimum Gasteiger partial charge on any atom is -0.481 e. The fourth-order valence-electron chi connectivity index (χ4n) is 1.95. The smallest absolute Gasteiger partial charge is 0.305 e. The van der Waals surface area contributed by atoms with Crippen LogP contribution in [0.3, 0.4) is 0 Å². The van der Waals surface area contributed by atoms with Crippen LogP contribution < -0.4 is 5.73 Å². The van der Waals surface area contributed by atoms with Crippen LogP contribution in [0.15, 0.2) is 30.3 Å². The van der Waals surface area contributed by atoms with Gasteiger partial charge < -0.3 is 15.7 Å². The summed E-state index contributed by atoms with van der Waals surface area (Å²) >= 11 is 0. The van der Waals surface area contributed by atoms with Crippen molar-refractivity contribution in [3.8, 4) is 0 Å². The molecule has 1 atom stereocenters. The van der Waals surface area contributed by atoms with Gasteiger partial charge in [0.15, 0.2) is 0 Å². The molecule has 0 aromatic heterocycles. The maximum absolute atomic E-state index is 12.5. The second-order valence-corrected chi connectivity index (χ2v) is 5.69. The Morgan fingerprint density at radius 3 is 2.25 bits per heavy atom. The lowest BCUT2D eigenvalue weighted by atomic mass is 10.0. The Morgan fingerprint density at radius 2 is 1.80 bits per heavy atom. The van der Waals surface area contributed by atoms with E-state index in [0.29, 0.717) is 0 Å². The molecule has 5 nitrogen and oxygen atoms in total. The van der Waals surface area contributed by atoms with Crippen molar-refractivity contribution in [2.75, 3.05) is 6.54 Å². The first-order valence-corrected chi connectivity index (χ1v) is 6.57. The highest BCUT2D eigenvalue weighted by molar-refractivity contribution is 5.84. The third-order valence-electron chi connectivity index (χ3n) is 3.05. The van der Waals surface area contributed by atoms with Gasteiger partial charge in [-0.3, -0.25) is 9.59 Å². The highest BCUT2D eigenvalue weighted by atomic mass is 16.4. The molecule has 0 saturated carbocycles. The van der Waals surface area contributed by atoms with Gasteiger partial charge in [-0.25, -0.2) is 0 Å². The topological polar surface area (TPSA) is 83.6 Å². The quantitative estimate of drug-likeness (QED) is 0.860. The van der Waals surface area contributed by atoms with Crippen LogP contribution in [0.25, 0.3) is 0 Å². The molecule has 1 rings (SSSR count). The summed E-state index contributed by atoms with van der Waals surface area (Å²) in [5.74, 6) is -1.19. The number of carboxylic acid groups (broad SMARTS) is 1. The van der Waals surface area contributed by atoms with E-state index in [1.54, 1.807) is 12.1 Å². The first-order chi connectivity index (χ1) is 9.23. The molecule has 0 spiro atoms. The van der Waals surface area contributed by atoms with Gasteiger partial charge in [-0.1, -0.05) is 30.3 Å². The number of amides is 1. The van der Waals surface area contributed by atoms with E-state index in [2.05, 4.69) is 0 Å². The lowest BCUT2D eigenvalue weighted by molar-refractivity contribution is -0.141. The van der Waals surface area contributed by atoms with Crippen molar-refractivity contribution in [3.05, 3.63) is 35.9 Å². The molecule has 0 aliphatic heterocycles. The zero-order chi connectivity index (χ0) is 15.3. The summed E-state index contributed by atoms with van der Waals surface area (Å²) in [6.45, 7) is 5.75. The molecule has 0 fully saturated rings. The van der Waals surface area contributed by atoms with Crippen LogP contribution in [0.5, 0.6) is 0 Å². The molecule has 0 radical (unpaired) electrons. The first kappa shape index (κ1) is 16.2. The summed E-state index contributed by atoms with van der Waals surface area (Å²) in [6, 6.07) is 8.31. The van der Waals surface area contributed by atoms with E-state index < -0.39 is 17.6 Å². The minimum atomic E-state index is -0.930. The number of carboxylic acids is 1. The number of hydrogen-bond acceptors (Lipinski definition) is 3. The molecule has 0 aliphatic rings. The summed E-state index contributed by atoms with van der Waals surface area (Å²) in [5, 5.41) is 8.80. The average Bonchev–Trinajstić information content (AvgIpc) is 2.37. The van der Waals surface area contributed by atoms with Crippen LogP contribution in [-0.4, -0.2) is 34.0 Å². The van der Waals surface area contributed by atoms with Gasteiger partial charge in [0.05, 0.1) is 6.42 Å². The summed E-state index contributed by atoms with van der Waals surface area (Å²) in [5.41, 5.74) is 6.25. The normalized spacial score (nSPS) is 12.8. The zero-order valence-corrected chi connectivity index (χ0v) is 12.2. The summed E-state index contributed by atoms with van der Waals surface area (Å²) in [4.78, 5) is 24.8. The van der Waals surface area contributed by atoms with Crippen LogP contribution in [-0.2, 0) is 9.59 Å². The number of nitrogens with two attached hydrogens (primary N) is 1. The van der Waals surface area contributed by atoms with Gasteiger partial charge in [0.1, 0.15) is 6.04 Å². The Labute approximate surface area is 119 Å². The second kappa shape index (κ2) is 6.52. The molecule has 20 heavy (non-hydrogen) atoms. The largest absolute Gasteiger partial charge is 0.481 e. The lowest BCUT2D eigenvalue weighted by Crippen LogP contribution is -2.50. The molecule has 110 valence electrons. The third-order valence-corrected chi connectivity index (χ3v) is 3.05. The lowest BCUT2D eigenvalue weighted by Gasteiger charge is -2.37. The summed E-state index contributed by atoms with van der Waals surface area (Å²) in [6.07, 6.45) is -0.0927. The van der Waals surface area contributed by atoms with Crippen molar-refractivity contribution >= 4 is 11.9 Å². The van der Waals surface area contributed by atoms with E-state index in [1.165, 1.54) is 4.90 Å². The molecule has 5 heteroatoms. The highest BCUT2D eigenvalue weighted by Crippen LogP contribution is 2.20. The molecule has 0 unspecified atom stereocenters. The maximum atomic E-state index is 12.5. The van der Waals surface area contributed by atoms with Gasteiger partial charge >= 0.3 is 5.97 Å². The fourth-order valence-corrected chi connectivity index (χ4v) is 1.95. The van der Waals surface area contributed by atoms with Gasteiger partial charge in [-0.15, -0.1) is 0 Å².